The third kappa shape index (κ3) is 6.39. The van der Waals surface area contributed by atoms with Gasteiger partial charge in [-0.2, -0.15) is 0 Å². The number of halogens is 1. The monoisotopic (exact) mass is 509 g/mol. The summed E-state index contributed by atoms with van der Waals surface area (Å²) in [5.41, 5.74) is 0.00233. The Morgan fingerprint density at radius 3 is 2.20 bits per heavy atom. The number of ether oxygens (including phenoxy) is 2. The van der Waals surface area contributed by atoms with Crippen LogP contribution in [-0.4, -0.2) is 54.1 Å². The molecule has 1 amide bonds. The molecule has 1 heterocycles. The Hall–Kier alpha value is -2.06. The molecule has 1 aromatic rings. The highest BCUT2D eigenvalue weighted by Gasteiger charge is 2.42. The SMILES string of the molecule is CCCOc1cc(OCCC)c([N+](=O)[O-])cc1C(=O)N[C@H]1CCN(C2C3CCCC2CCC3)C1.Cl. The lowest BCUT2D eigenvalue weighted by Gasteiger charge is -2.47. The van der Waals surface area contributed by atoms with E-state index in [4.69, 9.17) is 9.47 Å². The first-order valence-electron chi connectivity index (χ1n) is 13.1. The van der Waals surface area contributed by atoms with Crippen LogP contribution in [0.3, 0.4) is 0 Å². The molecule has 1 atom stereocenters. The van der Waals surface area contributed by atoms with Gasteiger partial charge in [0.15, 0.2) is 0 Å². The molecule has 3 aliphatic rings. The van der Waals surface area contributed by atoms with Crippen molar-refractivity contribution in [1.82, 2.24) is 10.2 Å². The number of benzene rings is 1. The number of nitro groups is 1. The number of carbonyl (C=O) groups excluding carboxylic acids is 1. The molecule has 1 aliphatic heterocycles. The van der Waals surface area contributed by atoms with Crippen molar-refractivity contribution < 1.29 is 19.2 Å². The molecule has 8 nitrogen and oxygen atoms in total. The van der Waals surface area contributed by atoms with Crippen LogP contribution >= 0.6 is 12.4 Å². The summed E-state index contributed by atoms with van der Waals surface area (Å²) in [4.78, 5) is 27.1. The first kappa shape index (κ1) is 27.5. The quantitative estimate of drug-likeness (QED) is 0.336. The number of fused-ring (bicyclic) bond motifs is 2. The van der Waals surface area contributed by atoms with Crippen molar-refractivity contribution in [3.8, 4) is 11.5 Å². The van der Waals surface area contributed by atoms with E-state index < -0.39 is 4.92 Å². The fourth-order valence-corrected chi connectivity index (χ4v) is 6.21. The maximum Gasteiger partial charge on any atom is 0.312 e. The largest absolute Gasteiger partial charge is 0.493 e. The van der Waals surface area contributed by atoms with Crippen molar-refractivity contribution in [2.45, 2.75) is 83.7 Å². The van der Waals surface area contributed by atoms with Gasteiger partial charge >= 0.3 is 5.69 Å². The predicted octanol–water partition coefficient (Wildman–Crippen LogP) is 5.37. The highest BCUT2D eigenvalue weighted by Crippen LogP contribution is 2.43. The average molecular weight is 510 g/mol. The molecule has 2 aliphatic carbocycles. The number of rotatable bonds is 10. The number of nitrogens with zero attached hydrogens (tertiary/aromatic N) is 2. The lowest BCUT2D eigenvalue weighted by molar-refractivity contribution is -0.385. The topological polar surface area (TPSA) is 93.9 Å². The van der Waals surface area contributed by atoms with Gasteiger partial charge in [0.2, 0.25) is 5.75 Å². The first-order valence-corrected chi connectivity index (χ1v) is 13.1. The number of hydrogen-bond acceptors (Lipinski definition) is 6. The molecule has 2 bridgehead atoms. The van der Waals surface area contributed by atoms with E-state index in [1.165, 1.54) is 50.7 Å². The zero-order chi connectivity index (χ0) is 24.1. The number of nitrogens with one attached hydrogen (secondary N) is 1. The van der Waals surface area contributed by atoms with Crippen LogP contribution in [-0.2, 0) is 0 Å². The molecule has 3 fully saturated rings. The van der Waals surface area contributed by atoms with E-state index in [2.05, 4.69) is 10.2 Å². The van der Waals surface area contributed by atoms with Gasteiger partial charge in [0.05, 0.1) is 23.7 Å². The molecule has 0 radical (unpaired) electrons. The van der Waals surface area contributed by atoms with Crippen molar-refractivity contribution in [2.24, 2.45) is 11.8 Å². The Balaban J connectivity index is 0.00000342. The molecule has 0 aromatic heterocycles. The maximum atomic E-state index is 13.3. The van der Waals surface area contributed by atoms with Gasteiger partial charge in [-0.15, -0.1) is 12.4 Å². The number of carbonyl (C=O) groups is 1. The lowest BCUT2D eigenvalue weighted by atomic mass is 9.68. The molecule has 1 aromatic carbocycles. The molecule has 196 valence electrons. The molecular formula is C26H40ClN3O5. The van der Waals surface area contributed by atoms with Crippen LogP contribution < -0.4 is 14.8 Å². The van der Waals surface area contributed by atoms with E-state index in [0.29, 0.717) is 25.0 Å². The summed E-state index contributed by atoms with van der Waals surface area (Å²) < 4.78 is 11.4. The fourth-order valence-electron chi connectivity index (χ4n) is 6.21. The lowest BCUT2D eigenvalue weighted by Crippen LogP contribution is -2.50. The second-order valence-electron chi connectivity index (χ2n) is 10.1. The van der Waals surface area contributed by atoms with Gasteiger partial charge in [0.25, 0.3) is 5.91 Å². The van der Waals surface area contributed by atoms with Gasteiger partial charge in [0.1, 0.15) is 5.75 Å². The van der Waals surface area contributed by atoms with Gasteiger partial charge in [0, 0.05) is 37.3 Å². The summed E-state index contributed by atoms with van der Waals surface area (Å²) in [6, 6.07) is 3.51. The molecule has 1 N–H and O–H groups in total. The van der Waals surface area contributed by atoms with Gasteiger partial charge in [-0.3, -0.25) is 19.8 Å². The smallest absolute Gasteiger partial charge is 0.312 e. The number of likely N-dealkylation sites (tertiary alicyclic amines) is 1. The van der Waals surface area contributed by atoms with Gasteiger partial charge in [-0.1, -0.05) is 26.7 Å². The standard InChI is InChI=1S/C26H39N3O5.ClH/c1-3-13-33-23-16-24(34-14-4-2)22(29(31)32)15-21(23)26(30)27-20-11-12-28(17-20)25-18-7-5-8-19(25)10-6-9-18;/h15-16,18-20,25H,3-14,17H2,1-2H3,(H,27,30);1H/t18?,19?,20-,25?;/m0./s1. The van der Waals surface area contributed by atoms with Crippen LogP contribution in [0.25, 0.3) is 0 Å². The average Bonchev–Trinajstić information content (AvgIpc) is 3.28. The first-order chi connectivity index (χ1) is 16.5. The second kappa shape index (κ2) is 12.8. The van der Waals surface area contributed by atoms with Crippen molar-refractivity contribution >= 4 is 24.0 Å². The summed E-state index contributed by atoms with van der Waals surface area (Å²) in [6.07, 6.45) is 10.5. The van der Waals surface area contributed by atoms with Crippen molar-refractivity contribution in [1.29, 1.82) is 0 Å². The Labute approximate surface area is 214 Å². The second-order valence-corrected chi connectivity index (χ2v) is 10.1. The van der Waals surface area contributed by atoms with E-state index in [-0.39, 0.29) is 41.4 Å². The Kier molecular flexibility index (Phi) is 10.0. The molecular weight excluding hydrogens is 470 g/mol. The predicted molar refractivity (Wildman–Crippen MR) is 138 cm³/mol. The third-order valence-electron chi connectivity index (χ3n) is 7.67. The van der Waals surface area contributed by atoms with Crippen molar-refractivity contribution in [2.75, 3.05) is 26.3 Å². The van der Waals surface area contributed by atoms with Crippen LogP contribution in [0.15, 0.2) is 12.1 Å². The van der Waals surface area contributed by atoms with Gasteiger partial charge in [-0.25, -0.2) is 0 Å². The molecule has 4 rings (SSSR count). The summed E-state index contributed by atoms with van der Waals surface area (Å²) in [5, 5.41) is 14.8. The number of nitro benzene ring substituents is 1. The van der Waals surface area contributed by atoms with E-state index >= 15 is 0 Å². The minimum atomic E-state index is -0.496. The Morgan fingerprint density at radius 1 is 1.03 bits per heavy atom. The van der Waals surface area contributed by atoms with Crippen LogP contribution in [0.5, 0.6) is 11.5 Å². The van der Waals surface area contributed by atoms with E-state index in [1.807, 2.05) is 13.8 Å². The summed E-state index contributed by atoms with van der Waals surface area (Å²) in [7, 11) is 0. The van der Waals surface area contributed by atoms with Crippen LogP contribution in [0, 0.1) is 22.0 Å². The minimum Gasteiger partial charge on any atom is -0.493 e. The maximum absolute atomic E-state index is 13.3. The van der Waals surface area contributed by atoms with E-state index in [0.717, 1.165) is 44.2 Å². The van der Waals surface area contributed by atoms with Gasteiger partial charge < -0.3 is 14.8 Å². The fraction of sp³-hybridized carbons (Fsp3) is 0.731. The zero-order valence-corrected chi connectivity index (χ0v) is 21.8. The molecule has 9 heteroatoms. The number of amides is 1. The summed E-state index contributed by atoms with van der Waals surface area (Å²) in [5.74, 6) is 1.77. The Morgan fingerprint density at radius 2 is 1.63 bits per heavy atom. The van der Waals surface area contributed by atoms with Crippen LogP contribution in [0.4, 0.5) is 5.69 Å². The van der Waals surface area contributed by atoms with Crippen LogP contribution in [0.2, 0.25) is 0 Å². The zero-order valence-electron chi connectivity index (χ0n) is 21.0. The minimum absolute atomic E-state index is 0. The van der Waals surface area contributed by atoms with Crippen LogP contribution in [0.1, 0.15) is 82.0 Å². The summed E-state index contributed by atoms with van der Waals surface area (Å²) in [6.45, 7) is 6.56. The molecule has 0 spiro atoms. The summed E-state index contributed by atoms with van der Waals surface area (Å²) >= 11 is 0. The van der Waals surface area contributed by atoms with E-state index in [9.17, 15) is 14.9 Å². The molecule has 1 saturated heterocycles. The van der Waals surface area contributed by atoms with Crippen molar-refractivity contribution in [3.63, 3.8) is 0 Å². The third-order valence-corrected chi connectivity index (χ3v) is 7.67. The molecule has 2 saturated carbocycles. The normalized spacial score (nSPS) is 26.0. The molecule has 0 unspecified atom stereocenters. The molecule has 35 heavy (non-hydrogen) atoms. The van der Waals surface area contributed by atoms with E-state index in [1.54, 1.807) is 0 Å². The van der Waals surface area contributed by atoms with Crippen molar-refractivity contribution in [3.05, 3.63) is 27.8 Å². The highest BCUT2D eigenvalue weighted by atomic mass is 35.5. The highest BCUT2D eigenvalue weighted by molar-refractivity contribution is 5.98. The number of hydrogen-bond donors (Lipinski definition) is 1. The Bertz CT molecular complexity index is 861. The van der Waals surface area contributed by atoms with Gasteiger partial charge in [-0.05, 0) is 56.8 Å².